The number of methoxy groups -OCH3 is 2. The van der Waals surface area contributed by atoms with E-state index in [4.69, 9.17) is 14.2 Å². The predicted molar refractivity (Wildman–Crippen MR) is 90.5 cm³/mol. The van der Waals surface area contributed by atoms with Crippen molar-refractivity contribution in [2.45, 2.75) is 26.3 Å². The van der Waals surface area contributed by atoms with Gasteiger partial charge in [-0.15, -0.1) is 0 Å². The highest BCUT2D eigenvalue weighted by Crippen LogP contribution is 2.25. The van der Waals surface area contributed by atoms with E-state index in [1.54, 1.807) is 18.2 Å². The molecule has 0 unspecified atom stereocenters. The minimum absolute atomic E-state index is 0.0123. The van der Waals surface area contributed by atoms with E-state index in [-0.39, 0.29) is 24.9 Å². The van der Waals surface area contributed by atoms with Gasteiger partial charge in [0.05, 0.1) is 27.2 Å². The van der Waals surface area contributed by atoms with Gasteiger partial charge in [-0.2, -0.15) is 0 Å². The first-order chi connectivity index (χ1) is 11.8. The quantitative estimate of drug-likeness (QED) is 0.625. The number of ether oxygens (including phenoxy) is 3. The third-order valence-corrected chi connectivity index (χ3v) is 3.09. The average Bonchev–Trinajstić information content (AvgIpc) is 2.57. The molecule has 0 aliphatic heterocycles. The summed E-state index contributed by atoms with van der Waals surface area (Å²) in [5.74, 6) is -0.337. The van der Waals surface area contributed by atoms with Crippen LogP contribution in [0.15, 0.2) is 18.2 Å². The summed E-state index contributed by atoms with van der Waals surface area (Å²) in [7, 11) is 3.02. The van der Waals surface area contributed by atoms with Gasteiger partial charge in [-0.3, -0.25) is 14.4 Å². The smallest absolute Gasteiger partial charge is 0.310 e. The number of hydrogen-bond donors (Lipinski definition) is 2. The standard InChI is InChI=1S/C17H24N2O6/c1-11(2)19-15(20)9-18-16(21)10-25-17(22)7-12-5-6-13(23-3)8-14(12)24-4/h5-6,8,11H,7,9-10H2,1-4H3,(H,18,21)(H,19,20). The first-order valence-electron chi connectivity index (χ1n) is 7.78. The monoisotopic (exact) mass is 352 g/mol. The Kier molecular flexibility index (Phi) is 8.25. The highest BCUT2D eigenvalue weighted by atomic mass is 16.5. The molecule has 0 radical (unpaired) electrons. The van der Waals surface area contributed by atoms with E-state index in [9.17, 15) is 14.4 Å². The zero-order valence-electron chi connectivity index (χ0n) is 14.9. The van der Waals surface area contributed by atoms with Crippen molar-refractivity contribution in [3.8, 4) is 11.5 Å². The third-order valence-electron chi connectivity index (χ3n) is 3.09. The normalized spacial score (nSPS) is 10.1. The van der Waals surface area contributed by atoms with Gasteiger partial charge in [0.2, 0.25) is 5.91 Å². The zero-order valence-corrected chi connectivity index (χ0v) is 14.9. The number of amides is 2. The van der Waals surface area contributed by atoms with Gasteiger partial charge in [-0.05, 0) is 19.9 Å². The third kappa shape index (κ3) is 7.56. The Hall–Kier alpha value is -2.77. The number of nitrogens with one attached hydrogen (secondary N) is 2. The molecule has 0 aliphatic carbocycles. The topological polar surface area (TPSA) is 103 Å². The van der Waals surface area contributed by atoms with Crippen LogP contribution in [-0.2, 0) is 25.5 Å². The number of carbonyl (C=O) groups excluding carboxylic acids is 3. The van der Waals surface area contributed by atoms with Crippen molar-refractivity contribution in [3.05, 3.63) is 23.8 Å². The maximum Gasteiger partial charge on any atom is 0.310 e. The molecule has 25 heavy (non-hydrogen) atoms. The van der Waals surface area contributed by atoms with Crippen molar-refractivity contribution in [1.82, 2.24) is 10.6 Å². The molecule has 2 N–H and O–H groups in total. The van der Waals surface area contributed by atoms with Gasteiger partial charge >= 0.3 is 5.97 Å². The fraction of sp³-hybridized carbons (Fsp3) is 0.471. The molecule has 0 bridgehead atoms. The van der Waals surface area contributed by atoms with E-state index in [2.05, 4.69) is 10.6 Å². The second-order valence-electron chi connectivity index (χ2n) is 5.51. The lowest BCUT2D eigenvalue weighted by atomic mass is 10.1. The Labute approximate surface area is 146 Å². The van der Waals surface area contributed by atoms with Crippen LogP contribution in [0.2, 0.25) is 0 Å². The molecule has 0 atom stereocenters. The molecule has 0 saturated carbocycles. The van der Waals surface area contributed by atoms with Crippen LogP contribution in [0.5, 0.6) is 11.5 Å². The number of benzene rings is 1. The highest BCUT2D eigenvalue weighted by Gasteiger charge is 2.13. The van der Waals surface area contributed by atoms with Gasteiger partial charge < -0.3 is 24.8 Å². The van der Waals surface area contributed by atoms with Crippen molar-refractivity contribution in [1.29, 1.82) is 0 Å². The Morgan fingerprint density at radius 2 is 1.80 bits per heavy atom. The minimum Gasteiger partial charge on any atom is -0.497 e. The summed E-state index contributed by atoms with van der Waals surface area (Å²) in [5, 5.41) is 5.01. The fourth-order valence-electron chi connectivity index (χ4n) is 1.95. The lowest BCUT2D eigenvalue weighted by Crippen LogP contribution is -2.41. The lowest BCUT2D eigenvalue weighted by molar-refractivity contribution is -0.148. The summed E-state index contributed by atoms with van der Waals surface area (Å²) >= 11 is 0. The van der Waals surface area contributed by atoms with Crippen molar-refractivity contribution in [2.75, 3.05) is 27.4 Å². The van der Waals surface area contributed by atoms with E-state index in [1.165, 1.54) is 14.2 Å². The lowest BCUT2D eigenvalue weighted by Gasteiger charge is -2.11. The van der Waals surface area contributed by atoms with E-state index < -0.39 is 18.5 Å². The Morgan fingerprint density at radius 1 is 1.08 bits per heavy atom. The summed E-state index contributed by atoms with van der Waals surface area (Å²) in [6, 6.07) is 5.03. The van der Waals surface area contributed by atoms with Crippen LogP contribution < -0.4 is 20.1 Å². The summed E-state index contributed by atoms with van der Waals surface area (Å²) in [4.78, 5) is 34.8. The van der Waals surface area contributed by atoms with Crippen LogP contribution in [0.1, 0.15) is 19.4 Å². The molecule has 0 fully saturated rings. The van der Waals surface area contributed by atoms with E-state index in [0.717, 1.165) is 0 Å². The molecule has 0 spiro atoms. The average molecular weight is 352 g/mol. The molecule has 0 aromatic heterocycles. The van der Waals surface area contributed by atoms with Crippen molar-refractivity contribution in [3.63, 3.8) is 0 Å². The second kappa shape index (κ2) is 10.2. The van der Waals surface area contributed by atoms with Crippen LogP contribution in [0.3, 0.4) is 0 Å². The van der Waals surface area contributed by atoms with Crippen LogP contribution in [0.25, 0.3) is 0 Å². The van der Waals surface area contributed by atoms with Crippen molar-refractivity contribution in [2.24, 2.45) is 0 Å². The van der Waals surface area contributed by atoms with E-state index >= 15 is 0 Å². The molecule has 2 amide bonds. The number of hydrogen-bond acceptors (Lipinski definition) is 6. The maximum atomic E-state index is 11.9. The molecule has 138 valence electrons. The van der Waals surface area contributed by atoms with Crippen molar-refractivity contribution >= 4 is 17.8 Å². The summed E-state index contributed by atoms with van der Waals surface area (Å²) in [5.41, 5.74) is 0.616. The summed E-state index contributed by atoms with van der Waals surface area (Å²) < 4.78 is 15.2. The number of rotatable bonds is 9. The van der Waals surface area contributed by atoms with Gasteiger partial charge in [0.25, 0.3) is 5.91 Å². The Bertz CT molecular complexity index is 615. The van der Waals surface area contributed by atoms with Gasteiger partial charge in [-0.1, -0.05) is 6.07 Å². The SMILES string of the molecule is COc1ccc(CC(=O)OCC(=O)NCC(=O)NC(C)C)c(OC)c1. The van der Waals surface area contributed by atoms with Crippen LogP contribution in [-0.4, -0.2) is 51.2 Å². The predicted octanol–water partition coefficient (Wildman–Crippen LogP) is 0.430. The maximum absolute atomic E-state index is 11.9. The van der Waals surface area contributed by atoms with E-state index in [1.807, 2.05) is 13.8 Å². The number of carbonyl (C=O) groups is 3. The van der Waals surface area contributed by atoms with Gasteiger partial charge in [0.1, 0.15) is 11.5 Å². The molecular formula is C17H24N2O6. The van der Waals surface area contributed by atoms with Crippen LogP contribution in [0.4, 0.5) is 0 Å². The van der Waals surface area contributed by atoms with Crippen LogP contribution in [0, 0.1) is 0 Å². The molecule has 8 nitrogen and oxygen atoms in total. The second-order valence-corrected chi connectivity index (χ2v) is 5.51. The molecule has 1 aromatic rings. The van der Waals surface area contributed by atoms with Gasteiger partial charge in [0, 0.05) is 17.7 Å². The summed E-state index contributed by atoms with van der Waals surface area (Å²) in [6.07, 6.45) is -0.0473. The number of esters is 1. The van der Waals surface area contributed by atoms with Gasteiger partial charge in [0.15, 0.2) is 6.61 Å². The molecule has 8 heteroatoms. The molecule has 0 aliphatic rings. The van der Waals surface area contributed by atoms with Gasteiger partial charge in [-0.25, -0.2) is 0 Å². The fourth-order valence-corrected chi connectivity index (χ4v) is 1.95. The summed E-state index contributed by atoms with van der Waals surface area (Å²) in [6.45, 7) is 3.01. The molecular weight excluding hydrogens is 328 g/mol. The molecule has 1 rings (SSSR count). The minimum atomic E-state index is -0.578. The van der Waals surface area contributed by atoms with Crippen molar-refractivity contribution < 1.29 is 28.6 Å². The molecule has 0 heterocycles. The Balaban J connectivity index is 2.42. The first-order valence-corrected chi connectivity index (χ1v) is 7.78. The highest BCUT2D eigenvalue weighted by molar-refractivity contribution is 5.86. The Morgan fingerprint density at radius 3 is 2.40 bits per heavy atom. The largest absolute Gasteiger partial charge is 0.497 e. The first kappa shape index (κ1) is 20.3. The molecule has 1 aromatic carbocycles. The van der Waals surface area contributed by atoms with Crippen LogP contribution >= 0.6 is 0 Å². The molecule has 0 saturated heterocycles. The van der Waals surface area contributed by atoms with E-state index in [0.29, 0.717) is 17.1 Å². The zero-order chi connectivity index (χ0) is 18.8.